The van der Waals surface area contributed by atoms with Crippen LogP contribution < -0.4 is 10.6 Å². The molecule has 0 aliphatic carbocycles. The third kappa shape index (κ3) is 3.01. The molecule has 0 aliphatic rings. The van der Waals surface area contributed by atoms with Crippen LogP contribution >= 0.6 is 34.8 Å². The Kier molecular flexibility index (Phi) is 4.43. The van der Waals surface area contributed by atoms with Gasteiger partial charge in [0.2, 0.25) is 0 Å². The van der Waals surface area contributed by atoms with Crippen molar-refractivity contribution >= 4 is 52.1 Å². The average Bonchev–Trinajstić information content (AvgIpc) is 2.43. The van der Waals surface area contributed by atoms with Crippen LogP contribution in [0.1, 0.15) is 10.4 Å². The van der Waals surface area contributed by atoms with Gasteiger partial charge < -0.3 is 10.6 Å². The zero-order chi connectivity index (χ0) is 14.9. The number of carbonyl (C=O) groups excluding carboxylic acids is 1. The summed E-state index contributed by atoms with van der Waals surface area (Å²) < 4.78 is 0. The lowest BCUT2D eigenvalue weighted by Gasteiger charge is -2.19. The van der Waals surface area contributed by atoms with Crippen LogP contribution in [0.15, 0.2) is 36.4 Å². The highest BCUT2D eigenvalue weighted by atomic mass is 35.5. The Morgan fingerprint density at radius 2 is 1.75 bits per heavy atom. The first-order valence-corrected chi connectivity index (χ1v) is 6.81. The van der Waals surface area contributed by atoms with Crippen LogP contribution in [-0.4, -0.2) is 13.0 Å². The van der Waals surface area contributed by atoms with Crippen LogP contribution in [-0.2, 0) is 0 Å². The maximum Gasteiger partial charge on any atom is 0.258 e. The van der Waals surface area contributed by atoms with Gasteiger partial charge >= 0.3 is 0 Å². The van der Waals surface area contributed by atoms with E-state index in [1.54, 1.807) is 37.4 Å². The lowest BCUT2D eigenvalue weighted by Crippen LogP contribution is -2.27. The second-order valence-corrected chi connectivity index (χ2v) is 5.45. The first-order chi connectivity index (χ1) is 9.40. The van der Waals surface area contributed by atoms with Gasteiger partial charge in [-0.3, -0.25) is 4.79 Å². The van der Waals surface area contributed by atoms with Gasteiger partial charge in [0.15, 0.2) is 0 Å². The first-order valence-electron chi connectivity index (χ1n) is 5.68. The second-order valence-electron chi connectivity index (χ2n) is 4.20. The Morgan fingerprint density at radius 1 is 1.05 bits per heavy atom. The molecule has 2 aromatic carbocycles. The van der Waals surface area contributed by atoms with Crippen molar-refractivity contribution in [1.82, 2.24) is 0 Å². The lowest BCUT2D eigenvalue weighted by atomic mass is 10.1. The quantitative estimate of drug-likeness (QED) is 0.824. The second kappa shape index (κ2) is 5.92. The normalized spacial score (nSPS) is 10.4. The Hall–Kier alpha value is -1.42. The van der Waals surface area contributed by atoms with Crippen molar-refractivity contribution in [3.8, 4) is 0 Å². The molecule has 0 bridgehead atoms. The molecule has 2 N–H and O–H groups in total. The van der Waals surface area contributed by atoms with Crippen molar-refractivity contribution in [2.45, 2.75) is 0 Å². The zero-order valence-corrected chi connectivity index (χ0v) is 12.8. The summed E-state index contributed by atoms with van der Waals surface area (Å²) in [6.07, 6.45) is 0. The zero-order valence-electron chi connectivity index (χ0n) is 10.5. The molecule has 104 valence electrons. The van der Waals surface area contributed by atoms with Gasteiger partial charge in [0.05, 0.1) is 21.4 Å². The van der Waals surface area contributed by atoms with Crippen LogP contribution in [0.4, 0.5) is 11.4 Å². The fraction of sp³-hybridized carbons (Fsp3) is 0.0714. The Bertz CT molecular complexity index is 673. The Balaban J connectivity index is 2.37. The summed E-state index contributed by atoms with van der Waals surface area (Å²) in [7, 11) is 1.62. The molecule has 0 heterocycles. The number of nitrogens with two attached hydrogens (primary N) is 1. The molecule has 0 aliphatic heterocycles. The topological polar surface area (TPSA) is 46.3 Å². The van der Waals surface area contributed by atoms with Gasteiger partial charge in [-0.2, -0.15) is 0 Å². The molecule has 2 aromatic rings. The van der Waals surface area contributed by atoms with Crippen molar-refractivity contribution in [3.05, 3.63) is 57.0 Å². The number of carbonyl (C=O) groups is 1. The highest BCUT2D eigenvalue weighted by molar-refractivity contribution is 6.42. The van der Waals surface area contributed by atoms with E-state index < -0.39 is 0 Å². The molecule has 6 heteroatoms. The van der Waals surface area contributed by atoms with Crippen LogP contribution in [0.25, 0.3) is 0 Å². The third-order valence-corrected chi connectivity index (χ3v) is 3.80. The average molecular weight is 330 g/mol. The molecule has 0 unspecified atom stereocenters. The fourth-order valence-electron chi connectivity index (χ4n) is 1.74. The van der Waals surface area contributed by atoms with Crippen LogP contribution in [0.2, 0.25) is 15.1 Å². The van der Waals surface area contributed by atoms with E-state index in [0.717, 1.165) is 0 Å². The molecular formula is C14H11Cl3N2O. The molecule has 0 atom stereocenters. The number of amides is 1. The number of halogens is 3. The molecule has 0 aromatic heterocycles. The van der Waals surface area contributed by atoms with E-state index in [1.165, 1.54) is 11.0 Å². The van der Waals surface area contributed by atoms with E-state index in [0.29, 0.717) is 32.0 Å². The van der Waals surface area contributed by atoms with Gasteiger partial charge in [-0.05, 0) is 36.4 Å². The molecular weight excluding hydrogens is 319 g/mol. The van der Waals surface area contributed by atoms with E-state index in [9.17, 15) is 4.79 Å². The summed E-state index contributed by atoms with van der Waals surface area (Å²) in [5.74, 6) is -0.252. The van der Waals surface area contributed by atoms with Gasteiger partial charge in [0.25, 0.3) is 5.91 Å². The molecule has 0 spiro atoms. The molecule has 0 saturated carbocycles. The number of rotatable bonds is 2. The van der Waals surface area contributed by atoms with Crippen LogP contribution in [0.3, 0.4) is 0 Å². The predicted octanol–water partition coefficient (Wildman–Crippen LogP) is 4.51. The van der Waals surface area contributed by atoms with E-state index in [-0.39, 0.29) is 5.91 Å². The minimum absolute atomic E-state index is 0.252. The minimum Gasteiger partial charge on any atom is -0.397 e. The maximum atomic E-state index is 12.4. The molecule has 1 amide bonds. The van der Waals surface area contributed by atoms with Crippen molar-refractivity contribution in [3.63, 3.8) is 0 Å². The highest BCUT2D eigenvalue weighted by Gasteiger charge is 2.17. The van der Waals surface area contributed by atoms with Crippen LogP contribution in [0, 0.1) is 0 Å². The summed E-state index contributed by atoms with van der Waals surface area (Å²) in [4.78, 5) is 13.8. The molecule has 3 nitrogen and oxygen atoms in total. The molecule has 0 saturated heterocycles. The predicted molar refractivity (Wildman–Crippen MR) is 85.1 cm³/mol. The lowest BCUT2D eigenvalue weighted by molar-refractivity contribution is 0.0993. The minimum atomic E-state index is -0.252. The van der Waals surface area contributed by atoms with Gasteiger partial charge in [0, 0.05) is 17.6 Å². The smallest absolute Gasteiger partial charge is 0.258 e. The Morgan fingerprint density at radius 3 is 2.40 bits per heavy atom. The van der Waals surface area contributed by atoms with E-state index in [1.807, 2.05) is 0 Å². The monoisotopic (exact) mass is 328 g/mol. The van der Waals surface area contributed by atoms with E-state index in [2.05, 4.69) is 0 Å². The summed E-state index contributed by atoms with van der Waals surface area (Å²) in [6, 6.07) is 9.64. The van der Waals surface area contributed by atoms with E-state index in [4.69, 9.17) is 40.5 Å². The van der Waals surface area contributed by atoms with Crippen molar-refractivity contribution < 1.29 is 4.79 Å². The SMILES string of the molecule is CN(C(=O)c1ccc(Cl)c(Cl)c1)c1cc(Cl)ccc1N. The van der Waals surface area contributed by atoms with E-state index >= 15 is 0 Å². The van der Waals surface area contributed by atoms with Crippen LogP contribution in [0.5, 0.6) is 0 Å². The molecule has 20 heavy (non-hydrogen) atoms. The summed E-state index contributed by atoms with van der Waals surface area (Å²) in [5.41, 5.74) is 7.28. The van der Waals surface area contributed by atoms with Gasteiger partial charge in [0.1, 0.15) is 0 Å². The fourth-order valence-corrected chi connectivity index (χ4v) is 2.20. The van der Waals surface area contributed by atoms with Gasteiger partial charge in [-0.1, -0.05) is 34.8 Å². The molecule has 0 radical (unpaired) electrons. The van der Waals surface area contributed by atoms with Gasteiger partial charge in [-0.15, -0.1) is 0 Å². The number of nitrogen functional groups attached to an aromatic ring is 1. The third-order valence-electron chi connectivity index (χ3n) is 2.83. The number of nitrogens with zero attached hydrogens (tertiary/aromatic N) is 1. The first kappa shape index (κ1) is 15.0. The van der Waals surface area contributed by atoms with Crippen molar-refractivity contribution in [1.29, 1.82) is 0 Å². The summed E-state index contributed by atoms with van der Waals surface area (Å²) in [6.45, 7) is 0. The van der Waals surface area contributed by atoms with Gasteiger partial charge in [-0.25, -0.2) is 0 Å². The summed E-state index contributed by atoms with van der Waals surface area (Å²) >= 11 is 17.7. The molecule has 2 rings (SSSR count). The molecule has 0 fully saturated rings. The Labute approximate surface area is 131 Å². The number of anilines is 2. The number of benzene rings is 2. The standard InChI is InChI=1S/C14H11Cl3N2O/c1-19(13-7-9(15)3-5-12(13)18)14(20)8-2-4-10(16)11(17)6-8/h2-7H,18H2,1H3. The highest BCUT2D eigenvalue weighted by Crippen LogP contribution is 2.28. The maximum absolute atomic E-state index is 12.4. The summed E-state index contributed by atoms with van der Waals surface area (Å²) in [5, 5.41) is 1.22. The number of hydrogen-bond donors (Lipinski definition) is 1. The van der Waals surface area contributed by atoms with Crippen molar-refractivity contribution in [2.75, 3.05) is 17.7 Å². The largest absolute Gasteiger partial charge is 0.397 e. The van der Waals surface area contributed by atoms with Crippen molar-refractivity contribution in [2.24, 2.45) is 0 Å². The number of hydrogen-bond acceptors (Lipinski definition) is 2.